The first kappa shape index (κ1) is 19.5. The van der Waals surface area contributed by atoms with E-state index in [-0.39, 0.29) is 31.2 Å². The highest BCUT2D eigenvalue weighted by atomic mass is 19.1. The molecule has 0 amide bonds. The molecule has 0 aliphatic carbocycles. The highest BCUT2D eigenvalue weighted by molar-refractivity contribution is 5.81. The van der Waals surface area contributed by atoms with Crippen molar-refractivity contribution in [3.63, 3.8) is 0 Å². The molecule has 0 saturated carbocycles. The number of hydrogen-bond acceptors (Lipinski definition) is 8. The predicted octanol–water partition coefficient (Wildman–Crippen LogP) is 2.77. The maximum absolute atomic E-state index is 13.8. The van der Waals surface area contributed by atoms with Gasteiger partial charge in [-0.25, -0.2) is 24.3 Å². The molecular weight excluding hydrogens is 391 g/mol. The van der Waals surface area contributed by atoms with Crippen molar-refractivity contribution in [1.82, 2.24) is 24.5 Å². The number of nitrogens with two attached hydrogens (primary N) is 1. The van der Waals surface area contributed by atoms with Crippen LogP contribution in [-0.4, -0.2) is 37.1 Å². The van der Waals surface area contributed by atoms with E-state index in [9.17, 15) is 9.18 Å². The van der Waals surface area contributed by atoms with Gasteiger partial charge >= 0.3 is 5.97 Å². The zero-order valence-corrected chi connectivity index (χ0v) is 16.0. The second-order valence-corrected chi connectivity index (χ2v) is 6.54. The number of aromatic nitrogens is 5. The minimum absolute atomic E-state index is 0.120. The second kappa shape index (κ2) is 8.68. The van der Waals surface area contributed by atoms with Crippen LogP contribution in [0.4, 0.5) is 10.2 Å². The van der Waals surface area contributed by atoms with E-state index in [0.29, 0.717) is 47.2 Å². The number of carbonyl (C=O) groups excluding carboxylic acids is 1. The molecule has 0 bridgehead atoms. The SMILES string of the molecule is Nc1ncnc2c1ncn2CCCOC(=O)CCc1ncc(-c2ccccc2F)o1. The van der Waals surface area contributed by atoms with E-state index in [0.717, 1.165) is 0 Å². The minimum atomic E-state index is -0.389. The normalized spacial score (nSPS) is 11.1. The number of nitrogen functional groups attached to an aromatic ring is 1. The molecule has 9 nitrogen and oxygen atoms in total. The van der Waals surface area contributed by atoms with Crippen LogP contribution in [0.5, 0.6) is 0 Å². The summed E-state index contributed by atoms with van der Waals surface area (Å²) < 4.78 is 26.4. The number of benzene rings is 1. The van der Waals surface area contributed by atoms with Gasteiger partial charge in [0.2, 0.25) is 0 Å². The lowest BCUT2D eigenvalue weighted by Gasteiger charge is -2.05. The first-order valence-electron chi connectivity index (χ1n) is 9.38. The number of hydrogen-bond donors (Lipinski definition) is 1. The Morgan fingerprint density at radius 2 is 2.07 bits per heavy atom. The van der Waals surface area contributed by atoms with E-state index >= 15 is 0 Å². The van der Waals surface area contributed by atoms with E-state index in [2.05, 4.69) is 19.9 Å². The van der Waals surface area contributed by atoms with Gasteiger partial charge in [0, 0.05) is 13.0 Å². The fourth-order valence-corrected chi connectivity index (χ4v) is 2.98. The van der Waals surface area contributed by atoms with Crippen LogP contribution in [0.3, 0.4) is 0 Å². The topological polar surface area (TPSA) is 122 Å². The van der Waals surface area contributed by atoms with Crippen LogP contribution in [0.25, 0.3) is 22.5 Å². The molecule has 10 heteroatoms. The summed E-state index contributed by atoms with van der Waals surface area (Å²) in [5, 5.41) is 0. The number of anilines is 1. The summed E-state index contributed by atoms with van der Waals surface area (Å²) in [6, 6.07) is 6.28. The van der Waals surface area contributed by atoms with E-state index in [4.69, 9.17) is 14.9 Å². The molecule has 2 N–H and O–H groups in total. The molecule has 4 aromatic rings. The van der Waals surface area contributed by atoms with Crippen LogP contribution in [0.15, 0.2) is 47.5 Å². The molecule has 3 heterocycles. The van der Waals surface area contributed by atoms with Crippen LogP contribution in [0.2, 0.25) is 0 Å². The Morgan fingerprint density at radius 1 is 1.20 bits per heavy atom. The lowest BCUT2D eigenvalue weighted by molar-refractivity contribution is -0.143. The summed E-state index contributed by atoms with van der Waals surface area (Å²) >= 11 is 0. The number of esters is 1. The average Bonchev–Trinajstić information content (AvgIpc) is 3.38. The molecule has 0 aliphatic heterocycles. The number of imidazole rings is 1. The fourth-order valence-electron chi connectivity index (χ4n) is 2.98. The van der Waals surface area contributed by atoms with Gasteiger partial charge in [0.1, 0.15) is 17.7 Å². The van der Waals surface area contributed by atoms with Crippen molar-refractivity contribution >= 4 is 23.0 Å². The van der Waals surface area contributed by atoms with Crippen molar-refractivity contribution < 1.29 is 18.3 Å². The molecule has 0 fully saturated rings. The molecule has 3 aromatic heterocycles. The van der Waals surface area contributed by atoms with Crippen molar-refractivity contribution in [3.05, 3.63) is 54.8 Å². The molecule has 30 heavy (non-hydrogen) atoms. The maximum atomic E-state index is 13.8. The number of aryl methyl sites for hydroxylation is 2. The Morgan fingerprint density at radius 3 is 2.93 bits per heavy atom. The van der Waals surface area contributed by atoms with Gasteiger partial charge in [-0.3, -0.25) is 4.79 Å². The van der Waals surface area contributed by atoms with Gasteiger partial charge in [0.15, 0.2) is 23.1 Å². The van der Waals surface area contributed by atoms with Crippen LogP contribution in [-0.2, 0) is 22.5 Å². The zero-order valence-electron chi connectivity index (χ0n) is 16.0. The zero-order chi connectivity index (χ0) is 20.9. The third kappa shape index (κ3) is 4.27. The van der Waals surface area contributed by atoms with Crippen molar-refractivity contribution in [2.24, 2.45) is 0 Å². The van der Waals surface area contributed by atoms with Gasteiger partial charge in [0.05, 0.1) is 31.1 Å². The van der Waals surface area contributed by atoms with Gasteiger partial charge in [-0.1, -0.05) is 12.1 Å². The molecule has 154 valence electrons. The van der Waals surface area contributed by atoms with Crippen molar-refractivity contribution in [2.75, 3.05) is 12.3 Å². The molecular formula is C20H19FN6O3. The van der Waals surface area contributed by atoms with Gasteiger partial charge in [0.25, 0.3) is 0 Å². The Kier molecular flexibility index (Phi) is 5.64. The molecule has 0 spiro atoms. The molecule has 0 radical (unpaired) electrons. The molecule has 0 saturated heterocycles. The highest BCUT2D eigenvalue weighted by Gasteiger charge is 2.12. The first-order chi connectivity index (χ1) is 14.6. The van der Waals surface area contributed by atoms with Crippen LogP contribution in [0.1, 0.15) is 18.7 Å². The lowest BCUT2D eigenvalue weighted by atomic mass is 10.2. The maximum Gasteiger partial charge on any atom is 0.306 e. The number of ether oxygens (including phenoxy) is 1. The number of nitrogens with zero attached hydrogens (tertiary/aromatic N) is 5. The summed E-state index contributed by atoms with van der Waals surface area (Å²) in [6.45, 7) is 0.830. The van der Waals surface area contributed by atoms with Crippen LogP contribution < -0.4 is 5.73 Å². The second-order valence-electron chi connectivity index (χ2n) is 6.54. The number of oxazole rings is 1. The quantitative estimate of drug-likeness (QED) is 0.348. The monoisotopic (exact) mass is 410 g/mol. The molecule has 0 unspecified atom stereocenters. The van der Waals surface area contributed by atoms with Crippen molar-refractivity contribution in [1.29, 1.82) is 0 Å². The summed E-state index contributed by atoms with van der Waals surface area (Å²) in [7, 11) is 0. The predicted molar refractivity (Wildman–Crippen MR) is 106 cm³/mol. The first-order valence-corrected chi connectivity index (χ1v) is 9.38. The number of fused-ring (bicyclic) bond motifs is 1. The summed E-state index contributed by atoms with van der Waals surface area (Å²) in [4.78, 5) is 28.3. The largest absolute Gasteiger partial charge is 0.466 e. The summed E-state index contributed by atoms with van der Waals surface area (Å²) in [5.74, 6) is 0.262. The standard InChI is InChI=1S/C20H19FN6O3/c21-14-5-2-1-4-13(14)15-10-23-16(30-15)6-7-17(28)29-9-3-8-27-12-26-18-19(22)24-11-25-20(18)27/h1-2,4-5,10-12H,3,6-9H2,(H2,22,24,25). The Hall–Kier alpha value is -3.82. The molecule has 0 atom stereocenters. The Labute approximate surface area is 170 Å². The third-order valence-electron chi connectivity index (χ3n) is 4.47. The van der Waals surface area contributed by atoms with Crippen molar-refractivity contribution in [2.45, 2.75) is 25.8 Å². The van der Waals surface area contributed by atoms with E-state index in [1.54, 1.807) is 24.5 Å². The molecule has 0 aliphatic rings. The van der Waals surface area contributed by atoms with Gasteiger partial charge in [-0.05, 0) is 18.6 Å². The smallest absolute Gasteiger partial charge is 0.306 e. The molecule has 1 aromatic carbocycles. The third-order valence-corrected chi connectivity index (χ3v) is 4.47. The van der Waals surface area contributed by atoms with Crippen LogP contribution in [0, 0.1) is 5.82 Å². The van der Waals surface area contributed by atoms with E-state index in [1.165, 1.54) is 18.6 Å². The van der Waals surface area contributed by atoms with Crippen LogP contribution >= 0.6 is 0 Å². The summed E-state index contributed by atoms with van der Waals surface area (Å²) in [6.07, 6.45) is 5.45. The Balaban J connectivity index is 1.22. The fraction of sp³-hybridized carbons (Fsp3) is 0.250. The lowest BCUT2D eigenvalue weighted by Crippen LogP contribution is -2.09. The van der Waals surface area contributed by atoms with Gasteiger partial charge in [-0.2, -0.15) is 0 Å². The van der Waals surface area contributed by atoms with Gasteiger partial charge < -0.3 is 19.5 Å². The van der Waals surface area contributed by atoms with E-state index < -0.39 is 0 Å². The number of rotatable bonds is 8. The summed E-state index contributed by atoms with van der Waals surface area (Å²) in [5.41, 5.74) is 7.28. The van der Waals surface area contributed by atoms with E-state index in [1.807, 2.05) is 4.57 Å². The minimum Gasteiger partial charge on any atom is -0.466 e. The van der Waals surface area contributed by atoms with Crippen molar-refractivity contribution in [3.8, 4) is 11.3 Å². The van der Waals surface area contributed by atoms with Gasteiger partial charge in [-0.15, -0.1) is 0 Å². The molecule has 4 rings (SSSR count). The number of carbonyl (C=O) groups is 1. The highest BCUT2D eigenvalue weighted by Crippen LogP contribution is 2.23. The average molecular weight is 410 g/mol. The Bertz CT molecular complexity index is 1170. The number of halogens is 1.